The maximum absolute atomic E-state index is 12.1. The van der Waals surface area contributed by atoms with Crippen molar-refractivity contribution in [2.75, 3.05) is 5.75 Å². The first kappa shape index (κ1) is 14.3. The Bertz CT molecular complexity index is 717. The van der Waals surface area contributed by atoms with Crippen LogP contribution in [0.15, 0.2) is 41.4 Å². The van der Waals surface area contributed by atoms with Gasteiger partial charge >= 0.3 is 5.97 Å². The number of aromatic carboxylic acids is 1. The first-order valence-electron chi connectivity index (χ1n) is 5.95. The number of hydrogen-bond acceptors (Lipinski definition) is 4. The molecule has 1 aromatic carbocycles. The van der Waals surface area contributed by atoms with Gasteiger partial charge in [0.1, 0.15) is 0 Å². The van der Waals surface area contributed by atoms with E-state index in [-0.39, 0.29) is 22.8 Å². The molecule has 0 atom stereocenters. The van der Waals surface area contributed by atoms with Gasteiger partial charge < -0.3 is 5.11 Å². The topological polar surface area (TPSA) is 89.3 Å². The molecule has 6 nitrogen and oxygen atoms in total. The Morgan fingerprint density at radius 3 is 2.40 bits per heavy atom. The van der Waals surface area contributed by atoms with E-state index in [1.54, 1.807) is 16.9 Å². The van der Waals surface area contributed by atoms with Crippen molar-refractivity contribution in [1.29, 1.82) is 0 Å². The third-order valence-electron chi connectivity index (χ3n) is 2.82. The molecule has 1 heterocycles. The molecule has 0 aliphatic carbocycles. The van der Waals surface area contributed by atoms with E-state index in [1.807, 2.05) is 6.92 Å². The summed E-state index contributed by atoms with van der Waals surface area (Å²) in [4.78, 5) is 10.8. The van der Waals surface area contributed by atoms with Gasteiger partial charge in [0.25, 0.3) is 0 Å². The molecule has 2 aromatic rings. The van der Waals surface area contributed by atoms with E-state index in [4.69, 9.17) is 5.11 Å². The minimum absolute atomic E-state index is 0.0617. The SMILES string of the molecule is Cc1ccn(CCS(=O)(=O)c2ccc(C(=O)O)cc2)n1. The number of carboxylic acid groups (broad SMARTS) is 1. The van der Waals surface area contributed by atoms with Crippen LogP contribution in [-0.4, -0.2) is 35.0 Å². The Morgan fingerprint density at radius 1 is 1.25 bits per heavy atom. The monoisotopic (exact) mass is 294 g/mol. The molecule has 0 saturated carbocycles. The number of nitrogens with zero attached hydrogens (tertiary/aromatic N) is 2. The normalized spacial score (nSPS) is 11.4. The second kappa shape index (κ2) is 5.46. The van der Waals surface area contributed by atoms with Gasteiger partial charge in [-0.25, -0.2) is 13.2 Å². The number of carboxylic acids is 1. The van der Waals surface area contributed by atoms with Crippen LogP contribution in [0.5, 0.6) is 0 Å². The molecule has 1 aromatic heterocycles. The molecule has 0 spiro atoms. The fourth-order valence-corrected chi connectivity index (χ4v) is 2.94. The van der Waals surface area contributed by atoms with Crippen LogP contribution >= 0.6 is 0 Å². The number of rotatable bonds is 5. The van der Waals surface area contributed by atoms with E-state index in [0.29, 0.717) is 0 Å². The highest BCUT2D eigenvalue weighted by Crippen LogP contribution is 2.13. The first-order chi connectivity index (χ1) is 9.38. The Labute approximate surface area is 116 Å². The van der Waals surface area contributed by atoms with E-state index in [1.165, 1.54) is 24.3 Å². The molecule has 20 heavy (non-hydrogen) atoms. The molecule has 106 valence electrons. The van der Waals surface area contributed by atoms with E-state index >= 15 is 0 Å². The fraction of sp³-hybridized carbons (Fsp3) is 0.231. The lowest BCUT2D eigenvalue weighted by Crippen LogP contribution is -2.14. The molecule has 2 rings (SSSR count). The maximum atomic E-state index is 12.1. The van der Waals surface area contributed by atoms with Gasteiger partial charge in [0, 0.05) is 6.20 Å². The van der Waals surface area contributed by atoms with Gasteiger partial charge in [-0.3, -0.25) is 4.68 Å². The van der Waals surface area contributed by atoms with Gasteiger partial charge in [0.15, 0.2) is 9.84 Å². The van der Waals surface area contributed by atoms with Crippen LogP contribution in [0.2, 0.25) is 0 Å². The van der Waals surface area contributed by atoms with Gasteiger partial charge in [-0.1, -0.05) is 0 Å². The maximum Gasteiger partial charge on any atom is 0.335 e. The van der Waals surface area contributed by atoms with Gasteiger partial charge in [-0.2, -0.15) is 5.10 Å². The molecule has 0 fully saturated rings. The Kier molecular flexibility index (Phi) is 3.89. The molecule has 0 amide bonds. The average molecular weight is 294 g/mol. The molecular weight excluding hydrogens is 280 g/mol. The van der Waals surface area contributed by atoms with Crippen molar-refractivity contribution < 1.29 is 18.3 Å². The molecule has 0 aliphatic heterocycles. The summed E-state index contributed by atoms with van der Waals surface area (Å²) in [5.41, 5.74) is 0.889. The molecule has 0 saturated heterocycles. The second-order valence-electron chi connectivity index (χ2n) is 4.37. The fourth-order valence-electron chi connectivity index (χ4n) is 1.72. The van der Waals surface area contributed by atoms with Gasteiger partial charge in [0.2, 0.25) is 0 Å². The largest absolute Gasteiger partial charge is 0.478 e. The predicted octanol–water partition coefficient (Wildman–Crippen LogP) is 1.36. The van der Waals surface area contributed by atoms with Crippen LogP contribution in [-0.2, 0) is 16.4 Å². The van der Waals surface area contributed by atoms with Crippen molar-refractivity contribution in [2.24, 2.45) is 0 Å². The van der Waals surface area contributed by atoms with Crippen LogP contribution in [0, 0.1) is 6.92 Å². The first-order valence-corrected chi connectivity index (χ1v) is 7.60. The highest BCUT2D eigenvalue weighted by atomic mass is 32.2. The minimum Gasteiger partial charge on any atom is -0.478 e. The summed E-state index contributed by atoms with van der Waals surface area (Å²) in [6.45, 7) is 2.09. The number of aromatic nitrogens is 2. The van der Waals surface area contributed by atoms with Gasteiger partial charge in [0.05, 0.1) is 28.5 Å². The third-order valence-corrected chi connectivity index (χ3v) is 4.53. The Balaban J connectivity index is 2.11. The van der Waals surface area contributed by atoms with Gasteiger partial charge in [-0.15, -0.1) is 0 Å². The summed E-state index contributed by atoms with van der Waals surface area (Å²) >= 11 is 0. The number of sulfone groups is 1. The van der Waals surface area contributed by atoms with Gasteiger partial charge in [-0.05, 0) is 37.3 Å². The number of hydrogen-bond donors (Lipinski definition) is 1. The van der Waals surface area contributed by atoms with E-state index in [0.717, 1.165) is 5.69 Å². The molecule has 0 unspecified atom stereocenters. The zero-order chi connectivity index (χ0) is 14.8. The molecule has 0 radical (unpaired) electrons. The highest BCUT2D eigenvalue weighted by molar-refractivity contribution is 7.91. The van der Waals surface area contributed by atoms with Crippen molar-refractivity contribution in [1.82, 2.24) is 9.78 Å². The summed E-state index contributed by atoms with van der Waals surface area (Å²) in [7, 11) is -3.45. The van der Waals surface area contributed by atoms with Crippen molar-refractivity contribution in [3.8, 4) is 0 Å². The number of aryl methyl sites for hydroxylation is 2. The average Bonchev–Trinajstić information content (AvgIpc) is 2.82. The van der Waals surface area contributed by atoms with Crippen molar-refractivity contribution >= 4 is 15.8 Å². The summed E-state index contributed by atoms with van der Waals surface area (Å²) in [5, 5.41) is 12.9. The van der Waals surface area contributed by atoms with Crippen LogP contribution in [0.25, 0.3) is 0 Å². The Morgan fingerprint density at radius 2 is 1.90 bits per heavy atom. The lowest BCUT2D eigenvalue weighted by molar-refractivity contribution is 0.0696. The van der Waals surface area contributed by atoms with E-state index in [2.05, 4.69) is 5.10 Å². The van der Waals surface area contributed by atoms with Crippen molar-refractivity contribution in [3.05, 3.63) is 47.8 Å². The lowest BCUT2D eigenvalue weighted by Gasteiger charge is -2.05. The summed E-state index contributed by atoms with van der Waals surface area (Å²) in [6.07, 6.45) is 1.72. The zero-order valence-corrected chi connectivity index (χ0v) is 11.7. The summed E-state index contributed by atoms with van der Waals surface area (Å²) in [5.74, 6) is -1.17. The molecule has 0 bridgehead atoms. The second-order valence-corrected chi connectivity index (χ2v) is 6.48. The highest BCUT2D eigenvalue weighted by Gasteiger charge is 2.15. The molecule has 7 heteroatoms. The standard InChI is InChI=1S/C13H14N2O4S/c1-10-6-7-15(14-10)8-9-20(18,19)12-4-2-11(3-5-12)13(16)17/h2-7H,8-9H2,1H3,(H,16,17). The van der Waals surface area contributed by atoms with E-state index in [9.17, 15) is 13.2 Å². The minimum atomic E-state index is -3.45. The number of benzene rings is 1. The summed E-state index contributed by atoms with van der Waals surface area (Å²) < 4.78 is 25.8. The zero-order valence-electron chi connectivity index (χ0n) is 10.9. The quantitative estimate of drug-likeness (QED) is 0.899. The van der Waals surface area contributed by atoms with Crippen LogP contribution in [0.4, 0.5) is 0 Å². The smallest absolute Gasteiger partial charge is 0.335 e. The van der Waals surface area contributed by atoms with E-state index < -0.39 is 15.8 Å². The lowest BCUT2D eigenvalue weighted by atomic mass is 10.2. The van der Waals surface area contributed by atoms with Crippen LogP contribution in [0.3, 0.4) is 0 Å². The molecular formula is C13H14N2O4S. The predicted molar refractivity (Wildman–Crippen MR) is 72.4 cm³/mol. The number of carbonyl (C=O) groups is 1. The third kappa shape index (κ3) is 3.24. The summed E-state index contributed by atoms with van der Waals surface area (Å²) in [6, 6.07) is 7.00. The molecule has 1 N–H and O–H groups in total. The Hall–Kier alpha value is -2.15. The van der Waals surface area contributed by atoms with Crippen molar-refractivity contribution in [2.45, 2.75) is 18.4 Å². The van der Waals surface area contributed by atoms with Crippen LogP contribution in [0.1, 0.15) is 16.1 Å². The molecule has 0 aliphatic rings. The van der Waals surface area contributed by atoms with Crippen molar-refractivity contribution in [3.63, 3.8) is 0 Å². The van der Waals surface area contributed by atoms with Crippen LogP contribution < -0.4 is 0 Å².